The fraction of sp³-hybridized carbons (Fsp3) is 0.0200. The smallest absolute Gasteiger partial charge is 0.135 e. The Labute approximate surface area is 318 Å². The van der Waals surface area contributed by atoms with Gasteiger partial charge in [-0.15, -0.1) is 11.3 Å². The van der Waals surface area contributed by atoms with Gasteiger partial charge in [0.25, 0.3) is 0 Å². The molecule has 5 heteroatoms. The molecule has 0 aliphatic carbocycles. The molecule has 0 saturated carbocycles. The summed E-state index contributed by atoms with van der Waals surface area (Å²) >= 11 is 1.82. The number of hydrogen-bond donors (Lipinski definition) is 0. The van der Waals surface area contributed by atoms with Gasteiger partial charge in [0.15, 0.2) is 0 Å². The van der Waals surface area contributed by atoms with Gasteiger partial charge in [0.1, 0.15) is 11.2 Å². The maximum absolute atomic E-state index is 9.99. The van der Waals surface area contributed by atoms with Gasteiger partial charge < -0.3 is 13.6 Å². The number of thiophene rings is 1. The lowest BCUT2D eigenvalue weighted by atomic mass is 10.0. The van der Waals surface area contributed by atoms with Crippen LogP contribution in [-0.4, -0.2) is 9.13 Å². The first kappa shape index (κ1) is 30.3. The van der Waals surface area contributed by atoms with E-state index in [1.807, 2.05) is 29.5 Å². The lowest BCUT2D eigenvalue weighted by Gasteiger charge is -2.09. The summed E-state index contributed by atoms with van der Waals surface area (Å²) in [4.78, 5) is 0. The van der Waals surface area contributed by atoms with Gasteiger partial charge in [0.05, 0.1) is 33.7 Å². The van der Waals surface area contributed by atoms with Gasteiger partial charge in [-0.25, -0.2) is 0 Å². The van der Waals surface area contributed by atoms with Gasteiger partial charge in [-0.05, 0) is 115 Å². The van der Waals surface area contributed by atoms with Gasteiger partial charge in [0, 0.05) is 63.9 Å². The minimum absolute atomic E-state index is 0.694. The van der Waals surface area contributed by atoms with Crippen molar-refractivity contribution >= 4 is 97.1 Å². The summed E-state index contributed by atoms with van der Waals surface area (Å²) in [5.41, 5.74) is 12.8. The second-order valence-corrected chi connectivity index (χ2v) is 15.6. The van der Waals surface area contributed by atoms with Crippen molar-refractivity contribution in [3.63, 3.8) is 0 Å². The second-order valence-electron chi connectivity index (χ2n) is 14.5. The minimum Gasteiger partial charge on any atom is -0.456 e. The summed E-state index contributed by atoms with van der Waals surface area (Å²) < 4.78 is 13.6. The van der Waals surface area contributed by atoms with Crippen molar-refractivity contribution in [1.29, 1.82) is 5.26 Å². The van der Waals surface area contributed by atoms with Gasteiger partial charge in [-0.2, -0.15) is 5.26 Å². The molecule has 0 aliphatic rings. The quantitative estimate of drug-likeness (QED) is 0.182. The average molecular weight is 720 g/mol. The van der Waals surface area contributed by atoms with Crippen LogP contribution in [-0.2, 0) is 0 Å². The van der Waals surface area contributed by atoms with E-state index in [4.69, 9.17) is 4.42 Å². The molecule has 0 bridgehead atoms. The third-order valence-corrected chi connectivity index (χ3v) is 12.6. The van der Waals surface area contributed by atoms with Gasteiger partial charge in [-0.1, -0.05) is 66.7 Å². The van der Waals surface area contributed by atoms with Crippen LogP contribution in [0.4, 0.5) is 0 Å². The fourth-order valence-corrected chi connectivity index (χ4v) is 10.1. The number of nitriles is 1. The molecule has 0 N–H and O–H groups in total. The van der Waals surface area contributed by atoms with Crippen LogP contribution in [0.3, 0.4) is 0 Å². The molecule has 0 atom stereocenters. The molecule has 0 fully saturated rings. The van der Waals surface area contributed by atoms with Crippen molar-refractivity contribution in [2.24, 2.45) is 0 Å². The van der Waals surface area contributed by atoms with E-state index in [2.05, 4.69) is 162 Å². The van der Waals surface area contributed by atoms with Crippen molar-refractivity contribution in [2.45, 2.75) is 6.92 Å². The van der Waals surface area contributed by atoms with Crippen LogP contribution in [0.5, 0.6) is 0 Å². The predicted molar refractivity (Wildman–Crippen MR) is 230 cm³/mol. The number of aromatic nitrogens is 2. The number of furan rings is 1. The van der Waals surface area contributed by atoms with Crippen molar-refractivity contribution in [1.82, 2.24) is 9.13 Å². The highest BCUT2D eigenvalue weighted by Gasteiger charge is 2.18. The second kappa shape index (κ2) is 11.2. The summed E-state index contributed by atoms with van der Waals surface area (Å²) in [5.74, 6) is 0. The first-order valence-corrected chi connectivity index (χ1v) is 19.3. The minimum atomic E-state index is 0.694. The van der Waals surface area contributed by atoms with Gasteiger partial charge >= 0.3 is 0 Å². The Morgan fingerprint density at radius 2 is 1.00 bits per heavy atom. The summed E-state index contributed by atoms with van der Waals surface area (Å²) in [6.07, 6.45) is 0. The maximum atomic E-state index is 9.99. The van der Waals surface area contributed by atoms with Crippen LogP contribution in [0.1, 0.15) is 11.1 Å². The maximum Gasteiger partial charge on any atom is 0.135 e. The Bertz CT molecular complexity index is 3640. The molecule has 12 rings (SSSR count). The Hall–Kier alpha value is -7.13. The molecular formula is C50H29N3OS. The van der Waals surface area contributed by atoms with E-state index in [0.717, 1.165) is 60.7 Å². The Morgan fingerprint density at radius 3 is 1.75 bits per heavy atom. The molecule has 0 spiro atoms. The van der Waals surface area contributed by atoms with Gasteiger partial charge in [0.2, 0.25) is 0 Å². The molecule has 256 valence electrons. The van der Waals surface area contributed by atoms with E-state index >= 15 is 0 Å². The van der Waals surface area contributed by atoms with Crippen molar-refractivity contribution < 1.29 is 4.42 Å². The predicted octanol–water partition coefficient (Wildman–Crippen LogP) is 14.0. The van der Waals surface area contributed by atoms with Crippen LogP contribution in [0.25, 0.3) is 108 Å². The number of aryl methyl sites for hydroxylation is 1. The SMILES string of the molecule is Cc1cccc2c1c1ccccc1n2-c1ccc2oc3ccc(-c4ccc5sc6ccc(-n7c8ccccc8c8c(C#N)cccc87)cc6c5c4)cc3c2c1. The largest absolute Gasteiger partial charge is 0.456 e. The van der Waals surface area contributed by atoms with Gasteiger partial charge in [-0.3, -0.25) is 0 Å². The monoisotopic (exact) mass is 719 g/mol. The van der Waals surface area contributed by atoms with E-state index in [1.165, 1.54) is 53.1 Å². The zero-order valence-electron chi connectivity index (χ0n) is 29.7. The number of para-hydroxylation sites is 2. The number of fused-ring (bicyclic) bond motifs is 12. The topological polar surface area (TPSA) is 46.8 Å². The molecule has 12 aromatic rings. The van der Waals surface area contributed by atoms with E-state index in [0.29, 0.717) is 5.56 Å². The summed E-state index contributed by atoms with van der Waals surface area (Å²) in [7, 11) is 0. The molecular weight excluding hydrogens is 691 g/mol. The first-order valence-electron chi connectivity index (χ1n) is 18.5. The van der Waals surface area contributed by atoms with Crippen LogP contribution in [0, 0.1) is 18.3 Å². The molecule has 4 aromatic heterocycles. The number of benzene rings is 8. The number of rotatable bonds is 3. The molecule has 0 amide bonds. The standard InChI is InChI=1S/C50H29N3OS/c1-29-8-6-14-43-49(29)35-10-2-4-12-41(35)52(43)33-18-21-46-38(26-33)37-24-30(16-20-45(37)54-46)31-17-22-47-39(25-31)40-27-34(19-23-48(40)55-47)53-42-13-5-3-11-36(42)50-32(28-51)9-7-15-44(50)53/h2-27H,1H3. The molecule has 4 heterocycles. The highest BCUT2D eigenvalue weighted by atomic mass is 32.1. The molecule has 0 aliphatic heterocycles. The zero-order chi connectivity index (χ0) is 36.4. The van der Waals surface area contributed by atoms with Crippen LogP contribution in [0.15, 0.2) is 162 Å². The molecule has 0 radical (unpaired) electrons. The van der Waals surface area contributed by atoms with Crippen molar-refractivity contribution in [3.05, 3.63) is 169 Å². The Kier molecular flexibility index (Phi) is 6.17. The van der Waals surface area contributed by atoms with E-state index in [-0.39, 0.29) is 0 Å². The molecule has 55 heavy (non-hydrogen) atoms. The number of hydrogen-bond acceptors (Lipinski definition) is 3. The summed E-state index contributed by atoms with van der Waals surface area (Å²) in [6.45, 7) is 2.19. The molecule has 8 aromatic carbocycles. The van der Waals surface area contributed by atoms with Crippen molar-refractivity contribution in [3.8, 4) is 28.6 Å². The zero-order valence-corrected chi connectivity index (χ0v) is 30.5. The molecule has 0 unspecified atom stereocenters. The number of nitrogens with zero attached hydrogens (tertiary/aromatic N) is 3. The summed E-state index contributed by atoms with van der Waals surface area (Å²) in [6, 6.07) is 58.8. The molecule has 0 saturated heterocycles. The van der Waals surface area contributed by atoms with Crippen LogP contribution < -0.4 is 0 Å². The van der Waals surface area contributed by atoms with E-state index < -0.39 is 0 Å². The fourth-order valence-electron chi connectivity index (χ4n) is 9.04. The lowest BCUT2D eigenvalue weighted by Crippen LogP contribution is -1.93. The first-order chi connectivity index (χ1) is 27.1. The highest BCUT2D eigenvalue weighted by molar-refractivity contribution is 7.25. The lowest BCUT2D eigenvalue weighted by molar-refractivity contribution is 0.669. The van der Waals surface area contributed by atoms with Crippen molar-refractivity contribution in [2.75, 3.05) is 0 Å². The Morgan fingerprint density at radius 1 is 0.473 bits per heavy atom. The average Bonchev–Trinajstić information content (AvgIpc) is 3.97. The molecule has 4 nitrogen and oxygen atoms in total. The third-order valence-electron chi connectivity index (χ3n) is 11.5. The van der Waals surface area contributed by atoms with E-state index in [1.54, 1.807) is 0 Å². The highest BCUT2D eigenvalue weighted by Crippen LogP contribution is 2.42. The summed E-state index contributed by atoms with van der Waals surface area (Å²) in [5, 5.41) is 19.3. The Balaban J connectivity index is 1.01. The third kappa shape index (κ3) is 4.26. The van der Waals surface area contributed by atoms with Crippen LogP contribution >= 0.6 is 11.3 Å². The normalized spacial score (nSPS) is 12.1. The van der Waals surface area contributed by atoms with Crippen LogP contribution in [0.2, 0.25) is 0 Å². The van der Waals surface area contributed by atoms with E-state index in [9.17, 15) is 5.26 Å².